The lowest BCUT2D eigenvalue weighted by atomic mass is 9.74. The molecule has 0 aliphatic carbocycles. The molecule has 3 rings (SSSR count). The molecule has 0 bridgehead atoms. The first-order valence-electron chi connectivity index (χ1n) is 8.13. The first kappa shape index (κ1) is 16.4. The minimum Gasteiger partial charge on any atom is -0.381 e. The third-order valence-corrected chi connectivity index (χ3v) is 4.73. The van der Waals surface area contributed by atoms with Gasteiger partial charge in [0, 0.05) is 38.3 Å². The average Bonchev–Trinajstić information content (AvgIpc) is 2.62. The summed E-state index contributed by atoms with van der Waals surface area (Å²) in [5, 5.41) is 6.18. The van der Waals surface area contributed by atoms with E-state index in [1.807, 2.05) is 12.1 Å². The number of halogens is 1. The van der Waals surface area contributed by atoms with Crippen LogP contribution in [-0.4, -0.2) is 51.5 Å². The lowest BCUT2D eigenvalue weighted by Crippen LogP contribution is -2.51. The van der Waals surface area contributed by atoms with Crippen molar-refractivity contribution in [3.8, 4) is 0 Å². The molecule has 0 radical (unpaired) electrons. The van der Waals surface area contributed by atoms with Crippen molar-refractivity contribution >= 4 is 5.91 Å². The van der Waals surface area contributed by atoms with E-state index in [0.717, 1.165) is 24.9 Å². The van der Waals surface area contributed by atoms with Crippen molar-refractivity contribution in [2.45, 2.75) is 24.4 Å². The summed E-state index contributed by atoms with van der Waals surface area (Å²) in [6.45, 7) is 3.68. The van der Waals surface area contributed by atoms with Crippen LogP contribution in [0.5, 0.6) is 0 Å². The van der Waals surface area contributed by atoms with Crippen molar-refractivity contribution in [1.82, 2.24) is 10.6 Å². The van der Waals surface area contributed by atoms with Gasteiger partial charge in [0.2, 0.25) is 5.91 Å². The average molecular weight is 322 g/mol. The van der Waals surface area contributed by atoms with Gasteiger partial charge in [0.15, 0.2) is 0 Å². The number of morpholine rings is 1. The molecule has 1 aromatic carbocycles. The van der Waals surface area contributed by atoms with Gasteiger partial charge < -0.3 is 20.1 Å². The predicted molar refractivity (Wildman–Crippen MR) is 83.8 cm³/mol. The van der Waals surface area contributed by atoms with Gasteiger partial charge in [-0.1, -0.05) is 12.1 Å². The number of hydrogen-bond donors (Lipinski definition) is 2. The van der Waals surface area contributed by atoms with E-state index in [-0.39, 0.29) is 17.1 Å². The second kappa shape index (κ2) is 7.38. The Morgan fingerprint density at radius 1 is 1.26 bits per heavy atom. The SMILES string of the molecule is O=C(NCC1(c2ccc(F)cc2)CCOCC1)C1CNCCO1. The largest absolute Gasteiger partial charge is 0.381 e. The predicted octanol–water partition coefficient (Wildman–Crippen LogP) is 0.978. The molecule has 2 heterocycles. The highest BCUT2D eigenvalue weighted by Gasteiger charge is 2.35. The van der Waals surface area contributed by atoms with Gasteiger partial charge in [0.25, 0.3) is 0 Å². The van der Waals surface area contributed by atoms with Gasteiger partial charge >= 0.3 is 0 Å². The molecule has 0 saturated carbocycles. The summed E-state index contributed by atoms with van der Waals surface area (Å²) < 4.78 is 24.2. The Bertz CT molecular complexity index is 523. The van der Waals surface area contributed by atoms with Crippen LogP contribution in [0.4, 0.5) is 4.39 Å². The lowest BCUT2D eigenvalue weighted by Gasteiger charge is -2.38. The van der Waals surface area contributed by atoms with Crippen LogP contribution in [0.2, 0.25) is 0 Å². The normalized spacial score (nSPS) is 24.1. The van der Waals surface area contributed by atoms with Crippen LogP contribution in [0.15, 0.2) is 24.3 Å². The summed E-state index contributed by atoms with van der Waals surface area (Å²) in [5.74, 6) is -0.341. The van der Waals surface area contributed by atoms with Crippen LogP contribution in [0.1, 0.15) is 18.4 Å². The molecule has 2 aliphatic heterocycles. The standard InChI is InChI=1S/C17H23FN2O3/c18-14-3-1-13(2-4-14)17(5-8-22-9-6-17)12-20-16(21)15-11-19-7-10-23-15/h1-4,15,19H,5-12H2,(H,20,21). The summed E-state index contributed by atoms with van der Waals surface area (Å²) in [6.07, 6.45) is 1.18. The number of carbonyl (C=O) groups excluding carboxylic acids is 1. The zero-order chi connectivity index (χ0) is 16.1. The number of nitrogens with one attached hydrogen (secondary N) is 2. The fraction of sp³-hybridized carbons (Fsp3) is 0.588. The van der Waals surface area contributed by atoms with E-state index >= 15 is 0 Å². The fourth-order valence-corrected chi connectivity index (χ4v) is 3.24. The molecule has 2 aliphatic rings. The van der Waals surface area contributed by atoms with Gasteiger partial charge in [-0.2, -0.15) is 0 Å². The fourth-order valence-electron chi connectivity index (χ4n) is 3.24. The number of amides is 1. The molecule has 5 nitrogen and oxygen atoms in total. The van der Waals surface area contributed by atoms with E-state index in [0.29, 0.717) is 32.9 Å². The van der Waals surface area contributed by atoms with Crippen molar-refractivity contribution < 1.29 is 18.7 Å². The minimum absolute atomic E-state index is 0.0924. The van der Waals surface area contributed by atoms with Gasteiger partial charge in [0.05, 0.1) is 6.61 Å². The molecule has 0 aromatic heterocycles. The molecule has 2 fully saturated rings. The van der Waals surface area contributed by atoms with E-state index in [4.69, 9.17) is 9.47 Å². The third kappa shape index (κ3) is 3.88. The summed E-state index contributed by atoms with van der Waals surface area (Å²) >= 11 is 0. The number of rotatable bonds is 4. The highest BCUT2D eigenvalue weighted by molar-refractivity contribution is 5.81. The van der Waals surface area contributed by atoms with Crippen LogP contribution in [0, 0.1) is 5.82 Å². The van der Waals surface area contributed by atoms with E-state index in [9.17, 15) is 9.18 Å². The molecular formula is C17H23FN2O3. The molecule has 6 heteroatoms. The van der Waals surface area contributed by atoms with Crippen molar-refractivity contribution in [2.75, 3.05) is 39.5 Å². The van der Waals surface area contributed by atoms with Crippen molar-refractivity contribution in [1.29, 1.82) is 0 Å². The molecule has 23 heavy (non-hydrogen) atoms. The van der Waals surface area contributed by atoms with E-state index < -0.39 is 6.10 Å². The zero-order valence-electron chi connectivity index (χ0n) is 13.1. The second-order valence-corrected chi connectivity index (χ2v) is 6.18. The molecule has 126 valence electrons. The van der Waals surface area contributed by atoms with Crippen molar-refractivity contribution in [3.63, 3.8) is 0 Å². The molecule has 1 unspecified atom stereocenters. The summed E-state index contributed by atoms with van der Waals surface area (Å²) in [7, 11) is 0. The minimum atomic E-state index is -0.436. The summed E-state index contributed by atoms with van der Waals surface area (Å²) in [5.41, 5.74) is 0.842. The highest BCUT2D eigenvalue weighted by atomic mass is 19.1. The Balaban J connectivity index is 1.69. The van der Waals surface area contributed by atoms with Gasteiger partial charge in [-0.05, 0) is 30.5 Å². The Morgan fingerprint density at radius 2 is 2.00 bits per heavy atom. The first-order chi connectivity index (χ1) is 11.2. The summed E-state index contributed by atoms with van der Waals surface area (Å²) in [4.78, 5) is 12.3. The van der Waals surface area contributed by atoms with Gasteiger partial charge in [-0.15, -0.1) is 0 Å². The van der Waals surface area contributed by atoms with E-state index in [1.165, 1.54) is 12.1 Å². The number of carbonyl (C=O) groups is 1. The molecule has 1 atom stereocenters. The molecule has 2 N–H and O–H groups in total. The Labute approximate surface area is 135 Å². The van der Waals surface area contributed by atoms with Crippen LogP contribution < -0.4 is 10.6 Å². The quantitative estimate of drug-likeness (QED) is 0.867. The van der Waals surface area contributed by atoms with E-state index in [1.54, 1.807) is 0 Å². The molecule has 1 aromatic rings. The molecular weight excluding hydrogens is 299 g/mol. The topological polar surface area (TPSA) is 59.6 Å². The number of benzene rings is 1. The number of hydrogen-bond acceptors (Lipinski definition) is 4. The Kier molecular flexibility index (Phi) is 5.25. The lowest BCUT2D eigenvalue weighted by molar-refractivity contribution is -0.134. The molecule has 2 saturated heterocycles. The van der Waals surface area contributed by atoms with Gasteiger partial charge in [-0.25, -0.2) is 4.39 Å². The van der Waals surface area contributed by atoms with Crippen LogP contribution in [0.25, 0.3) is 0 Å². The van der Waals surface area contributed by atoms with Crippen molar-refractivity contribution in [2.24, 2.45) is 0 Å². The zero-order valence-corrected chi connectivity index (χ0v) is 13.1. The van der Waals surface area contributed by atoms with Crippen molar-refractivity contribution in [3.05, 3.63) is 35.6 Å². The van der Waals surface area contributed by atoms with Crippen LogP contribution in [0.3, 0.4) is 0 Å². The van der Waals surface area contributed by atoms with Crippen LogP contribution >= 0.6 is 0 Å². The Morgan fingerprint density at radius 3 is 2.65 bits per heavy atom. The third-order valence-electron chi connectivity index (χ3n) is 4.73. The molecule has 0 spiro atoms. The van der Waals surface area contributed by atoms with E-state index in [2.05, 4.69) is 10.6 Å². The monoisotopic (exact) mass is 322 g/mol. The maximum Gasteiger partial charge on any atom is 0.250 e. The Hall–Kier alpha value is -1.50. The molecule has 1 amide bonds. The summed E-state index contributed by atoms with van der Waals surface area (Å²) in [6, 6.07) is 6.57. The first-order valence-corrected chi connectivity index (χ1v) is 8.13. The number of ether oxygens (including phenoxy) is 2. The highest BCUT2D eigenvalue weighted by Crippen LogP contribution is 2.34. The second-order valence-electron chi connectivity index (χ2n) is 6.18. The van der Waals surface area contributed by atoms with Gasteiger partial charge in [0.1, 0.15) is 11.9 Å². The maximum atomic E-state index is 13.2. The smallest absolute Gasteiger partial charge is 0.250 e. The maximum absolute atomic E-state index is 13.2. The van der Waals surface area contributed by atoms with Crippen LogP contribution in [-0.2, 0) is 19.7 Å². The van der Waals surface area contributed by atoms with Gasteiger partial charge in [-0.3, -0.25) is 4.79 Å².